The van der Waals surface area contributed by atoms with Crippen LogP contribution in [0.5, 0.6) is 0 Å². The maximum absolute atomic E-state index is 10.4. The molecule has 0 heterocycles. The van der Waals surface area contributed by atoms with Crippen LogP contribution in [0.2, 0.25) is 0 Å². The van der Waals surface area contributed by atoms with Crippen molar-refractivity contribution in [1.82, 2.24) is 0 Å². The molecule has 4 nitrogen and oxygen atoms in total. The quantitative estimate of drug-likeness (QED) is 0.134. The van der Waals surface area contributed by atoms with Gasteiger partial charge in [-0.05, 0) is 31.8 Å². The van der Waals surface area contributed by atoms with Crippen LogP contribution >= 0.6 is 0 Å². The number of carbonyl (C=O) groups is 1. The molecular weight excluding hydrogens is 280 g/mol. The van der Waals surface area contributed by atoms with Crippen molar-refractivity contribution in [3.8, 4) is 0 Å². The zero-order valence-electron chi connectivity index (χ0n) is 13.9. The first-order valence-electron chi connectivity index (χ1n) is 8.59. The minimum absolute atomic E-state index is 0.258. The van der Waals surface area contributed by atoms with Crippen LogP contribution in [0.25, 0.3) is 0 Å². The number of rotatable bonds is 15. The molecular formula is C18H32O4. The van der Waals surface area contributed by atoms with Gasteiger partial charge >= 0.3 is 5.97 Å². The van der Waals surface area contributed by atoms with Gasteiger partial charge < -0.3 is 9.99 Å². The van der Waals surface area contributed by atoms with Crippen molar-refractivity contribution in [2.45, 2.75) is 84.0 Å². The molecule has 0 aliphatic rings. The number of hydrogen-bond acceptors (Lipinski definition) is 3. The molecule has 0 aromatic heterocycles. The Bertz CT molecular complexity index is 321. The van der Waals surface area contributed by atoms with Crippen LogP contribution in [0, 0.1) is 0 Å². The highest BCUT2D eigenvalue weighted by Gasteiger charge is 1.99. The molecule has 0 fully saturated rings. The molecule has 0 amide bonds. The summed E-state index contributed by atoms with van der Waals surface area (Å²) in [6.07, 6.45) is 17.7. The molecule has 0 spiro atoms. The summed E-state index contributed by atoms with van der Waals surface area (Å²) in [7, 11) is 0. The second-order valence-electron chi connectivity index (χ2n) is 5.66. The molecule has 2 N–H and O–H groups in total. The Balaban J connectivity index is 3.62. The van der Waals surface area contributed by atoms with Crippen LogP contribution in [0.15, 0.2) is 24.0 Å². The lowest BCUT2D eigenvalue weighted by Crippen LogP contribution is -1.93. The third-order valence-corrected chi connectivity index (χ3v) is 3.57. The van der Waals surface area contributed by atoms with Gasteiger partial charge in [-0.15, -0.1) is 0 Å². The second-order valence-corrected chi connectivity index (χ2v) is 5.66. The molecule has 0 saturated carbocycles. The lowest BCUT2D eigenvalue weighted by atomic mass is 10.1. The number of unbranched alkanes of at least 4 members (excludes halogenated alkanes) is 8. The van der Waals surface area contributed by atoms with Gasteiger partial charge in [-0.1, -0.05) is 57.6 Å². The first-order chi connectivity index (χ1) is 10.7. The largest absolute Gasteiger partial charge is 0.481 e. The highest BCUT2D eigenvalue weighted by Crippen LogP contribution is 2.12. The first kappa shape index (κ1) is 20.7. The molecule has 0 bridgehead atoms. The van der Waals surface area contributed by atoms with E-state index in [1.54, 1.807) is 0 Å². The van der Waals surface area contributed by atoms with Crippen LogP contribution in [0.4, 0.5) is 0 Å². The van der Waals surface area contributed by atoms with Gasteiger partial charge in [-0.25, -0.2) is 5.26 Å². The SMILES string of the molecule is CCCCCC/C=C/C=C(/CCCCCCCC(=O)O)OO. The average molecular weight is 312 g/mol. The topological polar surface area (TPSA) is 66.8 Å². The standard InChI is InChI=1S/C18H32O4/c1-2-3-4-5-6-8-11-14-17(22-21)15-12-9-7-10-13-16-18(19)20/h8,11,14,21H,2-7,9-10,12-13,15-16H2,1H3,(H,19,20)/b11-8+,17-14-. The Hall–Kier alpha value is -1.29. The van der Waals surface area contributed by atoms with Crippen molar-refractivity contribution >= 4 is 5.97 Å². The van der Waals surface area contributed by atoms with Crippen molar-refractivity contribution in [3.05, 3.63) is 24.0 Å². The zero-order valence-corrected chi connectivity index (χ0v) is 13.9. The fourth-order valence-electron chi connectivity index (χ4n) is 2.23. The first-order valence-corrected chi connectivity index (χ1v) is 8.59. The minimum atomic E-state index is -0.722. The smallest absolute Gasteiger partial charge is 0.303 e. The van der Waals surface area contributed by atoms with E-state index >= 15 is 0 Å². The van der Waals surface area contributed by atoms with Crippen LogP contribution in [0.1, 0.15) is 84.0 Å². The summed E-state index contributed by atoms with van der Waals surface area (Å²) in [5.41, 5.74) is 0. The Morgan fingerprint density at radius 3 is 2.23 bits per heavy atom. The maximum Gasteiger partial charge on any atom is 0.303 e. The number of aliphatic carboxylic acids is 1. The molecule has 0 atom stereocenters. The summed E-state index contributed by atoms with van der Waals surface area (Å²) in [5.74, 6) is -0.129. The van der Waals surface area contributed by atoms with E-state index in [0.29, 0.717) is 5.76 Å². The predicted octanol–water partition coefficient (Wildman–Crippen LogP) is 5.70. The van der Waals surface area contributed by atoms with Crippen LogP contribution < -0.4 is 0 Å². The van der Waals surface area contributed by atoms with Crippen LogP contribution in [0.3, 0.4) is 0 Å². The third kappa shape index (κ3) is 15.1. The lowest BCUT2D eigenvalue weighted by molar-refractivity contribution is -0.205. The van der Waals surface area contributed by atoms with Crippen molar-refractivity contribution in [2.24, 2.45) is 0 Å². The number of carboxylic acid groups (broad SMARTS) is 1. The van der Waals surface area contributed by atoms with Gasteiger partial charge in [-0.2, -0.15) is 0 Å². The molecule has 128 valence electrons. The fourth-order valence-corrected chi connectivity index (χ4v) is 2.23. The summed E-state index contributed by atoms with van der Waals surface area (Å²) in [4.78, 5) is 14.7. The van der Waals surface area contributed by atoms with Gasteiger partial charge in [-0.3, -0.25) is 4.79 Å². The summed E-state index contributed by atoms with van der Waals surface area (Å²) in [6, 6.07) is 0. The zero-order chi connectivity index (χ0) is 16.5. The summed E-state index contributed by atoms with van der Waals surface area (Å²) >= 11 is 0. The van der Waals surface area contributed by atoms with E-state index in [1.165, 1.54) is 25.7 Å². The summed E-state index contributed by atoms with van der Waals surface area (Å²) < 4.78 is 0. The molecule has 22 heavy (non-hydrogen) atoms. The van der Waals surface area contributed by atoms with E-state index < -0.39 is 5.97 Å². The van der Waals surface area contributed by atoms with E-state index in [0.717, 1.165) is 44.9 Å². The highest BCUT2D eigenvalue weighted by atomic mass is 17.1. The van der Waals surface area contributed by atoms with Crippen LogP contribution in [-0.4, -0.2) is 16.3 Å². The molecule has 0 aromatic rings. The fraction of sp³-hybridized carbons (Fsp3) is 0.722. The van der Waals surface area contributed by atoms with Gasteiger partial charge in [0.25, 0.3) is 0 Å². The Morgan fingerprint density at radius 1 is 0.955 bits per heavy atom. The molecule has 0 aliphatic heterocycles. The molecule has 0 saturated heterocycles. The van der Waals surface area contributed by atoms with Gasteiger partial charge in [0.1, 0.15) is 5.76 Å². The molecule has 0 radical (unpaired) electrons. The van der Waals surface area contributed by atoms with Crippen molar-refractivity contribution < 1.29 is 20.0 Å². The molecule has 4 heteroatoms. The molecule has 0 aromatic carbocycles. The van der Waals surface area contributed by atoms with Gasteiger partial charge in [0, 0.05) is 12.8 Å². The highest BCUT2D eigenvalue weighted by molar-refractivity contribution is 5.66. The van der Waals surface area contributed by atoms with E-state index in [-0.39, 0.29) is 6.42 Å². The predicted molar refractivity (Wildman–Crippen MR) is 89.7 cm³/mol. The minimum Gasteiger partial charge on any atom is -0.481 e. The Morgan fingerprint density at radius 2 is 1.59 bits per heavy atom. The van der Waals surface area contributed by atoms with E-state index in [1.807, 2.05) is 12.2 Å². The molecule has 0 aliphatic carbocycles. The third-order valence-electron chi connectivity index (χ3n) is 3.57. The summed E-state index contributed by atoms with van der Waals surface area (Å²) in [6.45, 7) is 2.20. The number of carboxylic acids is 1. The summed E-state index contributed by atoms with van der Waals surface area (Å²) in [5, 5.41) is 17.4. The van der Waals surface area contributed by atoms with Gasteiger partial charge in [0.15, 0.2) is 0 Å². The maximum atomic E-state index is 10.4. The van der Waals surface area contributed by atoms with Crippen LogP contribution in [-0.2, 0) is 9.68 Å². The normalized spacial score (nSPS) is 12.0. The Labute approximate surface area is 134 Å². The average Bonchev–Trinajstić information content (AvgIpc) is 2.50. The number of allylic oxidation sites excluding steroid dienone is 4. The number of hydrogen-bond donors (Lipinski definition) is 2. The second kappa shape index (κ2) is 16.1. The Kier molecular flexibility index (Phi) is 15.1. The van der Waals surface area contributed by atoms with E-state index in [9.17, 15) is 4.79 Å². The van der Waals surface area contributed by atoms with Crippen molar-refractivity contribution in [3.63, 3.8) is 0 Å². The van der Waals surface area contributed by atoms with Crippen molar-refractivity contribution in [2.75, 3.05) is 0 Å². The van der Waals surface area contributed by atoms with Crippen molar-refractivity contribution in [1.29, 1.82) is 0 Å². The van der Waals surface area contributed by atoms with E-state index in [2.05, 4.69) is 17.9 Å². The molecule has 0 rings (SSSR count). The van der Waals surface area contributed by atoms with Gasteiger partial charge in [0.2, 0.25) is 0 Å². The van der Waals surface area contributed by atoms with E-state index in [4.69, 9.17) is 10.4 Å². The van der Waals surface area contributed by atoms with Gasteiger partial charge in [0.05, 0.1) is 0 Å². The lowest BCUT2D eigenvalue weighted by Gasteiger charge is -2.03. The molecule has 0 unspecified atom stereocenters. The monoisotopic (exact) mass is 312 g/mol.